The molecule has 5 heteroatoms. The van der Waals surface area contributed by atoms with Gasteiger partial charge in [-0.3, -0.25) is 4.79 Å². The molecule has 0 saturated carbocycles. The van der Waals surface area contributed by atoms with E-state index < -0.39 is 6.10 Å². The first kappa shape index (κ1) is 15.7. The Morgan fingerprint density at radius 1 is 1.18 bits per heavy atom. The smallest absolute Gasteiger partial charge is 0.265 e. The highest BCUT2D eigenvalue weighted by Gasteiger charge is 2.17. The molecular formula is C17H20N2O3. The van der Waals surface area contributed by atoms with Crippen LogP contribution in [0.2, 0.25) is 0 Å². The molecule has 0 aliphatic carbocycles. The van der Waals surface area contributed by atoms with Gasteiger partial charge in [-0.05, 0) is 43.7 Å². The van der Waals surface area contributed by atoms with Gasteiger partial charge in [0.1, 0.15) is 0 Å². The molecule has 0 aliphatic heterocycles. The fourth-order valence-electron chi connectivity index (χ4n) is 1.97. The lowest BCUT2D eigenvalue weighted by molar-refractivity contribution is -0.122. The average molecular weight is 300 g/mol. The number of amides is 1. The number of hydrogen-bond acceptors (Lipinski definition) is 4. The van der Waals surface area contributed by atoms with Crippen LogP contribution < -0.4 is 20.5 Å². The average Bonchev–Trinajstić information content (AvgIpc) is 2.51. The van der Waals surface area contributed by atoms with Crippen LogP contribution in [0.4, 0.5) is 11.4 Å². The molecule has 0 fully saturated rings. The second-order valence-corrected chi connectivity index (χ2v) is 4.97. The van der Waals surface area contributed by atoms with Crippen LogP contribution in [0.15, 0.2) is 42.5 Å². The van der Waals surface area contributed by atoms with Gasteiger partial charge in [-0.15, -0.1) is 0 Å². The number of nitrogens with two attached hydrogens (primary N) is 1. The van der Waals surface area contributed by atoms with E-state index >= 15 is 0 Å². The zero-order chi connectivity index (χ0) is 16.1. The maximum absolute atomic E-state index is 12.3. The minimum atomic E-state index is -0.669. The Labute approximate surface area is 130 Å². The minimum absolute atomic E-state index is 0.250. The maximum atomic E-state index is 12.3. The molecule has 1 amide bonds. The molecule has 2 aromatic rings. The quantitative estimate of drug-likeness (QED) is 0.833. The van der Waals surface area contributed by atoms with Crippen LogP contribution in [-0.2, 0) is 4.79 Å². The summed E-state index contributed by atoms with van der Waals surface area (Å²) in [6.45, 7) is 3.59. The number of rotatable bonds is 5. The minimum Gasteiger partial charge on any atom is -0.493 e. The van der Waals surface area contributed by atoms with E-state index in [1.807, 2.05) is 25.1 Å². The maximum Gasteiger partial charge on any atom is 0.265 e. The summed E-state index contributed by atoms with van der Waals surface area (Å²) in [6.07, 6.45) is -0.669. The van der Waals surface area contributed by atoms with Crippen molar-refractivity contribution >= 4 is 17.3 Å². The third kappa shape index (κ3) is 3.69. The van der Waals surface area contributed by atoms with Crippen molar-refractivity contribution in [1.29, 1.82) is 0 Å². The first-order chi connectivity index (χ1) is 10.5. The van der Waals surface area contributed by atoms with Crippen LogP contribution >= 0.6 is 0 Å². The summed E-state index contributed by atoms with van der Waals surface area (Å²) in [5, 5.41) is 2.82. The summed E-state index contributed by atoms with van der Waals surface area (Å²) >= 11 is 0. The number of para-hydroxylation sites is 2. The lowest BCUT2D eigenvalue weighted by Crippen LogP contribution is -2.30. The molecule has 0 aliphatic rings. The van der Waals surface area contributed by atoms with Gasteiger partial charge in [-0.1, -0.05) is 18.2 Å². The molecule has 0 saturated heterocycles. The summed E-state index contributed by atoms with van der Waals surface area (Å²) in [5.74, 6) is 0.860. The van der Waals surface area contributed by atoms with Crippen LogP contribution in [0.1, 0.15) is 12.5 Å². The topological polar surface area (TPSA) is 73.6 Å². The highest BCUT2D eigenvalue weighted by Crippen LogP contribution is 2.27. The molecule has 1 unspecified atom stereocenters. The Morgan fingerprint density at radius 2 is 1.86 bits per heavy atom. The third-order valence-electron chi connectivity index (χ3n) is 3.26. The van der Waals surface area contributed by atoms with Gasteiger partial charge in [0.05, 0.1) is 7.11 Å². The highest BCUT2D eigenvalue weighted by atomic mass is 16.5. The predicted molar refractivity (Wildman–Crippen MR) is 87.3 cm³/mol. The molecular weight excluding hydrogens is 280 g/mol. The molecule has 0 radical (unpaired) electrons. The van der Waals surface area contributed by atoms with E-state index in [1.165, 1.54) is 0 Å². The molecule has 3 N–H and O–H groups in total. The Bertz CT molecular complexity index is 671. The van der Waals surface area contributed by atoms with Crippen LogP contribution in [0.3, 0.4) is 0 Å². The van der Waals surface area contributed by atoms with E-state index in [-0.39, 0.29) is 5.91 Å². The van der Waals surface area contributed by atoms with Gasteiger partial charge in [-0.25, -0.2) is 0 Å². The summed E-state index contributed by atoms with van der Waals surface area (Å²) in [5.41, 5.74) is 7.96. The van der Waals surface area contributed by atoms with E-state index in [0.717, 1.165) is 5.56 Å². The van der Waals surface area contributed by atoms with Crippen molar-refractivity contribution < 1.29 is 14.3 Å². The van der Waals surface area contributed by atoms with E-state index in [0.29, 0.717) is 22.9 Å². The number of hydrogen-bond donors (Lipinski definition) is 2. The lowest BCUT2D eigenvalue weighted by atomic mass is 10.1. The number of carbonyl (C=O) groups excluding carboxylic acids is 1. The van der Waals surface area contributed by atoms with Crippen molar-refractivity contribution in [2.75, 3.05) is 18.2 Å². The van der Waals surface area contributed by atoms with Crippen LogP contribution in [0.25, 0.3) is 0 Å². The third-order valence-corrected chi connectivity index (χ3v) is 3.26. The van der Waals surface area contributed by atoms with Gasteiger partial charge >= 0.3 is 0 Å². The number of nitrogens with one attached hydrogen (secondary N) is 1. The number of nitrogen functional groups attached to an aromatic ring is 1. The molecule has 5 nitrogen and oxygen atoms in total. The molecule has 0 bridgehead atoms. The van der Waals surface area contributed by atoms with Gasteiger partial charge in [0, 0.05) is 11.4 Å². The van der Waals surface area contributed by atoms with E-state index in [4.69, 9.17) is 15.2 Å². The highest BCUT2D eigenvalue weighted by molar-refractivity contribution is 5.95. The zero-order valence-corrected chi connectivity index (χ0v) is 12.9. The van der Waals surface area contributed by atoms with E-state index in [9.17, 15) is 4.79 Å². The Kier molecular flexibility index (Phi) is 4.88. The van der Waals surface area contributed by atoms with Crippen LogP contribution in [0, 0.1) is 6.92 Å². The van der Waals surface area contributed by atoms with Crippen molar-refractivity contribution in [2.45, 2.75) is 20.0 Å². The van der Waals surface area contributed by atoms with Crippen molar-refractivity contribution in [1.82, 2.24) is 0 Å². The number of aryl methyl sites for hydroxylation is 1. The molecule has 22 heavy (non-hydrogen) atoms. The SMILES string of the molecule is COc1ccccc1OC(C)C(=O)Nc1cc(N)ccc1C. The number of benzene rings is 2. The summed E-state index contributed by atoms with van der Waals surface area (Å²) < 4.78 is 10.9. The number of methoxy groups -OCH3 is 1. The Balaban J connectivity index is 2.07. The van der Waals surface area contributed by atoms with Gasteiger partial charge in [0.15, 0.2) is 17.6 Å². The molecule has 116 valence electrons. The van der Waals surface area contributed by atoms with Gasteiger partial charge < -0.3 is 20.5 Å². The molecule has 2 aromatic carbocycles. The lowest BCUT2D eigenvalue weighted by Gasteiger charge is -2.17. The van der Waals surface area contributed by atoms with E-state index in [1.54, 1.807) is 38.3 Å². The normalized spacial score (nSPS) is 11.6. The molecule has 1 atom stereocenters. The Morgan fingerprint density at radius 3 is 2.55 bits per heavy atom. The van der Waals surface area contributed by atoms with Crippen molar-refractivity contribution in [3.05, 3.63) is 48.0 Å². The first-order valence-corrected chi connectivity index (χ1v) is 6.98. The second-order valence-electron chi connectivity index (χ2n) is 4.97. The zero-order valence-electron chi connectivity index (χ0n) is 12.9. The monoisotopic (exact) mass is 300 g/mol. The molecule has 2 rings (SSSR count). The standard InChI is InChI=1S/C17H20N2O3/c1-11-8-9-13(18)10-14(11)19-17(20)12(2)22-16-7-5-4-6-15(16)21-3/h4-10,12H,18H2,1-3H3,(H,19,20). The summed E-state index contributed by atoms with van der Waals surface area (Å²) in [7, 11) is 1.56. The first-order valence-electron chi connectivity index (χ1n) is 6.98. The van der Waals surface area contributed by atoms with Crippen molar-refractivity contribution in [3.63, 3.8) is 0 Å². The fraction of sp³-hybridized carbons (Fsp3) is 0.235. The molecule has 0 aromatic heterocycles. The number of anilines is 2. The molecule has 0 spiro atoms. The molecule has 0 heterocycles. The largest absolute Gasteiger partial charge is 0.493 e. The number of carbonyl (C=O) groups is 1. The van der Waals surface area contributed by atoms with Gasteiger partial charge in [-0.2, -0.15) is 0 Å². The Hall–Kier alpha value is -2.69. The summed E-state index contributed by atoms with van der Waals surface area (Å²) in [6, 6.07) is 12.6. The van der Waals surface area contributed by atoms with Crippen LogP contribution in [-0.4, -0.2) is 19.1 Å². The van der Waals surface area contributed by atoms with Crippen molar-refractivity contribution in [3.8, 4) is 11.5 Å². The van der Waals surface area contributed by atoms with E-state index in [2.05, 4.69) is 5.32 Å². The van der Waals surface area contributed by atoms with Crippen LogP contribution in [0.5, 0.6) is 11.5 Å². The van der Waals surface area contributed by atoms with Gasteiger partial charge in [0.25, 0.3) is 5.91 Å². The fourth-order valence-corrected chi connectivity index (χ4v) is 1.97. The van der Waals surface area contributed by atoms with Crippen molar-refractivity contribution in [2.24, 2.45) is 0 Å². The predicted octanol–water partition coefficient (Wildman–Crippen LogP) is 2.99. The summed E-state index contributed by atoms with van der Waals surface area (Å²) in [4.78, 5) is 12.3. The number of ether oxygens (including phenoxy) is 2. The van der Waals surface area contributed by atoms with Gasteiger partial charge in [0.2, 0.25) is 0 Å². The second kappa shape index (κ2) is 6.85.